The smallest absolute Gasteiger partial charge is 0.271 e. The fourth-order valence-corrected chi connectivity index (χ4v) is 3.17. The molecule has 1 heterocycles. The Balaban J connectivity index is 1.65. The first kappa shape index (κ1) is 18.2. The van der Waals surface area contributed by atoms with E-state index in [9.17, 15) is 9.90 Å². The second kappa shape index (κ2) is 8.18. The van der Waals surface area contributed by atoms with E-state index in [-0.39, 0.29) is 10.9 Å². The number of phenolic OH excluding ortho intramolecular Hbond substituents is 1. The molecule has 1 aromatic heterocycles. The van der Waals surface area contributed by atoms with Gasteiger partial charge in [0.25, 0.3) is 5.91 Å². The molecule has 6 nitrogen and oxygen atoms in total. The number of aromatic nitrogens is 1. The van der Waals surface area contributed by atoms with Crippen LogP contribution in [0.3, 0.4) is 0 Å². The summed E-state index contributed by atoms with van der Waals surface area (Å²) in [6.45, 7) is 0. The van der Waals surface area contributed by atoms with Gasteiger partial charge in [-0.05, 0) is 36.4 Å². The molecule has 0 aliphatic heterocycles. The van der Waals surface area contributed by atoms with Crippen LogP contribution in [0.25, 0.3) is 0 Å². The van der Waals surface area contributed by atoms with Gasteiger partial charge in [0.1, 0.15) is 5.75 Å². The molecule has 0 fully saturated rings. The predicted octanol–water partition coefficient (Wildman–Crippen LogP) is 4.66. The fourth-order valence-electron chi connectivity index (χ4n) is 1.95. The zero-order valence-corrected chi connectivity index (χ0v) is 15.4. The summed E-state index contributed by atoms with van der Waals surface area (Å²) in [6.07, 6.45) is 1.41. The van der Waals surface area contributed by atoms with Gasteiger partial charge in [-0.2, -0.15) is 5.10 Å². The number of nitrogens with one attached hydrogen (secondary N) is 2. The van der Waals surface area contributed by atoms with Crippen molar-refractivity contribution in [1.82, 2.24) is 10.4 Å². The number of amides is 1. The minimum atomic E-state index is -0.406. The number of rotatable bonds is 5. The standard InChI is InChI=1S/C17H12Cl2N4O2S/c18-12-3-1-2-4-13(12)21-17-22-15(19)14(26-17)9-20-23-16(25)10-5-7-11(24)8-6-10/h1-9,24H,(H,21,22)(H,23,25)/b20-9+. The van der Waals surface area contributed by atoms with E-state index in [1.165, 1.54) is 41.8 Å². The van der Waals surface area contributed by atoms with E-state index in [1.54, 1.807) is 6.07 Å². The second-order valence-electron chi connectivity index (χ2n) is 5.02. The maximum atomic E-state index is 11.9. The molecule has 1 amide bonds. The van der Waals surface area contributed by atoms with Crippen LogP contribution >= 0.6 is 34.5 Å². The molecular weight excluding hydrogens is 395 g/mol. The van der Waals surface area contributed by atoms with Crippen LogP contribution in [0.1, 0.15) is 15.2 Å². The number of thiazole rings is 1. The highest BCUT2D eigenvalue weighted by molar-refractivity contribution is 7.17. The maximum absolute atomic E-state index is 11.9. The van der Waals surface area contributed by atoms with Crippen molar-refractivity contribution in [3.63, 3.8) is 0 Å². The van der Waals surface area contributed by atoms with Crippen LogP contribution in [0.4, 0.5) is 10.8 Å². The zero-order chi connectivity index (χ0) is 18.5. The third kappa shape index (κ3) is 4.51. The van der Waals surface area contributed by atoms with Crippen LogP contribution in [0.5, 0.6) is 5.75 Å². The van der Waals surface area contributed by atoms with E-state index in [4.69, 9.17) is 23.2 Å². The summed E-state index contributed by atoms with van der Waals surface area (Å²) in [4.78, 5) is 16.7. The second-order valence-corrected chi connectivity index (χ2v) is 6.82. The minimum absolute atomic E-state index is 0.0834. The van der Waals surface area contributed by atoms with Crippen molar-refractivity contribution in [2.24, 2.45) is 5.10 Å². The first-order valence-electron chi connectivity index (χ1n) is 7.33. The Morgan fingerprint density at radius 1 is 1.15 bits per heavy atom. The molecule has 0 saturated heterocycles. The summed E-state index contributed by atoms with van der Waals surface area (Å²) in [6, 6.07) is 13.1. The molecule has 0 unspecified atom stereocenters. The number of anilines is 2. The number of halogens is 2. The molecule has 0 spiro atoms. The molecule has 132 valence electrons. The molecule has 0 saturated carbocycles. The van der Waals surface area contributed by atoms with Crippen molar-refractivity contribution in [2.75, 3.05) is 5.32 Å². The highest BCUT2D eigenvalue weighted by Gasteiger charge is 2.09. The number of hydrazone groups is 1. The Bertz CT molecular complexity index is 958. The number of nitrogens with zero attached hydrogens (tertiary/aromatic N) is 2. The largest absolute Gasteiger partial charge is 0.508 e. The lowest BCUT2D eigenvalue weighted by Gasteiger charge is -2.03. The van der Waals surface area contributed by atoms with Crippen molar-refractivity contribution in [3.8, 4) is 5.75 Å². The van der Waals surface area contributed by atoms with Gasteiger partial charge in [0.2, 0.25) is 0 Å². The molecule has 3 aromatic rings. The van der Waals surface area contributed by atoms with E-state index in [0.717, 1.165) is 0 Å². The van der Waals surface area contributed by atoms with E-state index < -0.39 is 5.91 Å². The fraction of sp³-hybridized carbons (Fsp3) is 0. The Morgan fingerprint density at radius 2 is 1.88 bits per heavy atom. The Kier molecular flexibility index (Phi) is 5.72. The quantitative estimate of drug-likeness (QED) is 0.424. The van der Waals surface area contributed by atoms with E-state index >= 15 is 0 Å². The highest BCUT2D eigenvalue weighted by Crippen LogP contribution is 2.30. The number of carbonyl (C=O) groups is 1. The molecular formula is C17H12Cl2N4O2S. The zero-order valence-electron chi connectivity index (χ0n) is 13.1. The molecule has 9 heteroatoms. The van der Waals surface area contributed by atoms with Gasteiger partial charge in [-0.15, -0.1) is 0 Å². The van der Waals surface area contributed by atoms with Crippen LogP contribution in [-0.4, -0.2) is 22.2 Å². The number of hydrogen-bond acceptors (Lipinski definition) is 6. The van der Waals surface area contributed by atoms with Gasteiger partial charge >= 0.3 is 0 Å². The van der Waals surface area contributed by atoms with Crippen molar-refractivity contribution in [3.05, 3.63) is 69.1 Å². The van der Waals surface area contributed by atoms with Gasteiger partial charge in [-0.3, -0.25) is 4.79 Å². The van der Waals surface area contributed by atoms with Crippen molar-refractivity contribution >= 4 is 57.5 Å². The lowest BCUT2D eigenvalue weighted by molar-refractivity contribution is 0.0955. The summed E-state index contributed by atoms with van der Waals surface area (Å²) in [7, 11) is 0. The average molecular weight is 407 g/mol. The molecule has 0 atom stereocenters. The van der Waals surface area contributed by atoms with Crippen molar-refractivity contribution in [2.45, 2.75) is 0 Å². The molecule has 3 rings (SSSR count). The number of benzene rings is 2. The van der Waals surface area contributed by atoms with Crippen LogP contribution < -0.4 is 10.7 Å². The lowest BCUT2D eigenvalue weighted by Crippen LogP contribution is -2.17. The third-order valence-electron chi connectivity index (χ3n) is 3.20. The summed E-state index contributed by atoms with van der Waals surface area (Å²) < 4.78 is 0. The molecule has 0 bridgehead atoms. The monoisotopic (exact) mass is 406 g/mol. The average Bonchev–Trinajstić information content (AvgIpc) is 2.97. The van der Waals surface area contributed by atoms with Crippen LogP contribution in [0.2, 0.25) is 10.2 Å². The van der Waals surface area contributed by atoms with Crippen LogP contribution in [-0.2, 0) is 0 Å². The molecule has 26 heavy (non-hydrogen) atoms. The van der Waals surface area contributed by atoms with Gasteiger partial charge < -0.3 is 10.4 Å². The first-order valence-corrected chi connectivity index (χ1v) is 8.90. The van der Waals surface area contributed by atoms with Gasteiger partial charge in [-0.25, -0.2) is 10.4 Å². The molecule has 0 aliphatic carbocycles. The van der Waals surface area contributed by atoms with Gasteiger partial charge in [0.15, 0.2) is 10.3 Å². The van der Waals surface area contributed by atoms with E-state index in [2.05, 4.69) is 20.8 Å². The van der Waals surface area contributed by atoms with Gasteiger partial charge in [-0.1, -0.05) is 46.7 Å². The molecule has 0 aliphatic rings. The topological polar surface area (TPSA) is 86.6 Å². The number of aromatic hydroxyl groups is 1. The molecule has 0 radical (unpaired) electrons. The summed E-state index contributed by atoms with van der Waals surface area (Å²) in [5.41, 5.74) is 3.47. The SMILES string of the molecule is O=C(N/N=C/c1sc(Nc2ccccc2Cl)nc1Cl)c1ccc(O)cc1. The Labute approximate surface area is 163 Å². The third-order valence-corrected chi connectivity index (χ3v) is 4.84. The van der Waals surface area contributed by atoms with Crippen LogP contribution in [0.15, 0.2) is 53.6 Å². The van der Waals surface area contributed by atoms with E-state index in [1.807, 2.05) is 18.2 Å². The highest BCUT2D eigenvalue weighted by atomic mass is 35.5. The number of carbonyl (C=O) groups excluding carboxylic acids is 1. The van der Waals surface area contributed by atoms with Gasteiger partial charge in [0.05, 0.1) is 21.8 Å². The maximum Gasteiger partial charge on any atom is 0.271 e. The molecule has 3 N–H and O–H groups in total. The van der Waals surface area contributed by atoms with Crippen LogP contribution in [0, 0.1) is 0 Å². The Hall–Kier alpha value is -2.61. The normalized spacial score (nSPS) is 10.8. The summed E-state index contributed by atoms with van der Waals surface area (Å²) in [5.74, 6) is -0.323. The van der Waals surface area contributed by atoms with Crippen molar-refractivity contribution < 1.29 is 9.90 Å². The number of hydrogen-bond donors (Lipinski definition) is 3. The number of phenols is 1. The lowest BCUT2D eigenvalue weighted by atomic mass is 10.2. The van der Waals surface area contributed by atoms with Gasteiger partial charge in [0, 0.05) is 5.56 Å². The number of para-hydroxylation sites is 1. The van der Waals surface area contributed by atoms with Crippen molar-refractivity contribution in [1.29, 1.82) is 0 Å². The Morgan fingerprint density at radius 3 is 2.62 bits per heavy atom. The summed E-state index contributed by atoms with van der Waals surface area (Å²) >= 11 is 13.5. The first-order chi connectivity index (χ1) is 12.5. The van der Waals surface area contributed by atoms with E-state index in [0.29, 0.717) is 26.3 Å². The molecule has 2 aromatic carbocycles. The minimum Gasteiger partial charge on any atom is -0.508 e. The summed E-state index contributed by atoms with van der Waals surface area (Å²) in [5, 5.41) is 17.6. The predicted molar refractivity (Wildman–Crippen MR) is 105 cm³/mol.